The smallest absolute Gasteiger partial charge is 0.416 e. The van der Waals surface area contributed by atoms with Crippen molar-refractivity contribution in [3.8, 4) is 5.75 Å². The Labute approximate surface area is 207 Å². The summed E-state index contributed by atoms with van der Waals surface area (Å²) in [6.07, 6.45) is 4.18. The first-order valence-electron chi connectivity index (χ1n) is 11.5. The second-order valence-corrected chi connectivity index (χ2v) is 8.47. The van der Waals surface area contributed by atoms with Crippen molar-refractivity contribution < 1.29 is 47.2 Å². The van der Waals surface area contributed by atoms with E-state index in [1.54, 1.807) is 6.08 Å². The topological polar surface area (TPSA) is 102 Å². The van der Waals surface area contributed by atoms with Crippen molar-refractivity contribution in [1.82, 2.24) is 0 Å². The fourth-order valence-electron chi connectivity index (χ4n) is 4.00. The Balaban J connectivity index is 1.93. The quantitative estimate of drug-likeness (QED) is 0.150. The second kappa shape index (κ2) is 13.3. The Bertz CT molecular complexity index is 978. The standard InChI is InChI=1S/C26H31F3O7/c1-18(30)36-23-14-13-19(22(23)12-4-3-6-15-25(32,33)24(31)34-2)9-5-7-16-35-21-11-8-10-20(17-21)26(27,28)29/h4-6,8-11,17,19,22-23,32-33H,7,12-16H2,1-2H3/t3?,19-,22+,23-/m0/s1. The minimum absolute atomic E-state index is 0.0379. The van der Waals surface area contributed by atoms with Crippen LogP contribution in [-0.4, -0.2) is 47.8 Å². The molecule has 198 valence electrons. The van der Waals surface area contributed by atoms with Gasteiger partial charge in [0.05, 0.1) is 19.3 Å². The molecule has 0 aromatic heterocycles. The number of hydrogen-bond acceptors (Lipinski definition) is 7. The molecule has 0 radical (unpaired) electrons. The predicted molar refractivity (Wildman–Crippen MR) is 124 cm³/mol. The third kappa shape index (κ3) is 9.18. The average Bonchev–Trinajstić information content (AvgIpc) is 3.18. The van der Waals surface area contributed by atoms with Crippen LogP contribution >= 0.6 is 0 Å². The van der Waals surface area contributed by atoms with E-state index in [0.717, 1.165) is 25.7 Å². The summed E-state index contributed by atoms with van der Waals surface area (Å²) in [6, 6.07) is 4.71. The molecule has 1 fully saturated rings. The lowest BCUT2D eigenvalue weighted by Crippen LogP contribution is -2.38. The molecule has 7 nitrogen and oxygen atoms in total. The maximum atomic E-state index is 12.8. The van der Waals surface area contributed by atoms with Gasteiger partial charge in [-0.15, -0.1) is 5.73 Å². The van der Waals surface area contributed by atoms with Crippen molar-refractivity contribution in [2.45, 2.75) is 57.1 Å². The number of methoxy groups -OCH3 is 1. The van der Waals surface area contributed by atoms with Gasteiger partial charge in [0.25, 0.3) is 5.79 Å². The summed E-state index contributed by atoms with van der Waals surface area (Å²) in [5.41, 5.74) is 2.04. The zero-order chi connectivity index (χ0) is 26.8. The van der Waals surface area contributed by atoms with Crippen LogP contribution in [0.15, 0.2) is 54.3 Å². The van der Waals surface area contributed by atoms with Crippen LogP contribution in [0, 0.1) is 11.8 Å². The lowest BCUT2D eigenvalue weighted by molar-refractivity contribution is -0.205. The van der Waals surface area contributed by atoms with E-state index in [2.05, 4.69) is 10.5 Å². The number of carbonyl (C=O) groups is 2. The average molecular weight is 513 g/mol. The van der Waals surface area contributed by atoms with E-state index in [0.29, 0.717) is 19.3 Å². The predicted octanol–water partition coefficient (Wildman–Crippen LogP) is 4.33. The van der Waals surface area contributed by atoms with E-state index in [1.807, 2.05) is 12.2 Å². The highest BCUT2D eigenvalue weighted by molar-refractivity contribution is 5.77. The van der Waals surface area contributed by atoms with Gasteiger partial charge in [0.1, 0.15) is 11.9 Å². The van der Waals surface area contributed by atoms with Gasteiger partial charge in [-0.25, -0.2) is 4.79 Å². The number of esters is 2. The van der Waals surface area contributed by atoms with E-state index in [4.69, 9.17) is 9.47 Å². The molecule has 36 heavy (non-hydrogen) atoms. The Morgan fingerprint density at radius 3 is 2.61 bits per heavy atom. The highest BCUT2D eigenvalue weighted by atomic mass is 19.4. The van der Waals surface area contributed by atoms with Crippen molar-refractivity contribution in [2.24, 2.45) is 11.8 Å². The number of halogens is 3. The Morgan fingerprint density at radius 2 is 1.94 bits per heavy atom. The highest BCUT2D eigenvalue weighted by Gasteiger charge is 2.36. The molecule has 0 amide bonds. The van der Waals surface area contributed by atoms with Crippen LogP contribution in [0.3, 0.4) is 0 Å². The Hall–Kier alpha value is -3.07. The van der Waals surface area contributed by atoms with Crippen LogP contribution in [-0.2, 0) is 25.2 Å². The van der Waals surface area contributed by atoms with Crippen LogP contribution in [0.25, 0.3) is 0 Å². The fraction of sp³-hybridized carbons (Fsp3) is 0.500. The molecule has 0 spiro atoms. The second-order valence-electron chi connectivity index (χ2n) is 8.47. The number of ether oxygens (including phenoxy) is 3. The van der Waals surface area contributed by atoms with E-state index in [-0.39, 0.29) is 36.3 Å². The first-order valence-corrected chi connectivity index (χ1v) is 11.5. The molecule has 2 N–H and O–H groups in total. The molecule has 0 aliphatic heterocycles. The van der Waals surface area contributed by atoms with Crippen LogP contribution < -0.4 is 4.74 Å². The normalized spacial score (nSPS) is 20.0. The number of benzene rings is 1. The minimum Gasteiger partial charge on any atom is -0.493 e. The summed E-state index contributed by atoms with van der Waals surface area (Å²) in [6.45, 7) is 1.55. The Kier molecular flexibility index (Phi) is 10.8. The van der Waals surface area contributed by atoms with Gasteiger partial charge in [-0.1, -0.05) is 18.2 Å². The van der Waals surface area contributed by atoms with Gasteiger partial charge in [0.2, 0.25) is 0 Å². The molecule has 0 bridgehead atoms. The molecular weight excluding hydrogens is 481 g/mol. The van der Waals surface area contributed by atoms with E-state index in [9.17, 15) is 33.0 Å². The Morgan fingerprint density at radius 1 is 1.19 bits per heavy atom. The van der Waals surface area contributed by atoms with Gasteiger partial charge < -0.3 is 24.4 Å². The van der Waals surface area contributed by atoms with E-state index in [1.165, 1.54) is 25.1 Å². The molecule has 2 rings (SSSR count). The third-order valence-corrected chi connectivity index (χ3v) is 5.75. The highest BCUT2D eigenvalue weighted by Crippen LogP contribution is 2.38. The van der Waals surface area contributed by atoms with Gasteiger partial charge >= 0.3 is 18.1 Å². The molecule has 1 aliphatic carbocycles. The monoisotopic (exact) mass is 512 g/mol. The number of alkyl halides is 3. The van der Waals surface area contributed by atoms with E-state index >= 15 is 0 Å². The first kappa shape index (κ1) is 29.2. The zero-order valence-electron chi connectivity index (χ0n) is 20.2. The van der Waals surface area contributed by atoms with E-state index < -0.39 is 29.9 Å². The van der Waals surface area contributed by atoms with Gasteiger partial charge in [-0.3, -0.25) is 4.79 Å². The van der Waals surface area contributed by atoms with Crippen molar-refractivity contribution in [2.75, 3.05) is 13.7 Å². The summed E-state index contributed by atoms with van der Waals surface area (Å²) >= 11 is 0. The van der Waals surface area contributed by atoms with Gasteiger partial charge in [-0.2, -0.15) is 13.2 Å². The third-order valence-electron chi connectivity index (χ3n) is 5.75. The lowest BCUT2D eigenvalue weighted by Gasteiger charge is -2.21. The van der Waals surface area contributed by atoms with Crippen LogP contribution in [0.5, 0.6) is 5.75 Å². The number of hydrogen-bond donors (Lipinski definition) is 2. The number of carbonyl (C=O) groups excluding carboxylic acids is 2. The molecule has 1 aromatic rings. The minimum atomic E-state index is -4.43. The summed E-state index contributed by atoms with van der Waals surface area (Å²) in [5, 5.41) is 19.2. The molecule has 1 aliphatic rings. The summed E-state index contributed by atoms with van der Waals surface area (Å²) in [4.78, 5) is 22.8. The van der Waals surface area contributed by atoms with Crippen molar-refractivity contribution in [1.29, 1.82) is 0 Å². The molecule has 3 atom stereocenters. The molecular formula is C26H31F3O7. The van der Waals surface area contributed by atoms with Gasteiger partial charge in [0, 0.05) is 19.3 Å². The van der Waals surface area contributed by atoms with Crippen molar-refractivity contribution in [3.63, 3.8) is 0 Å². The number of aliphatic hydroxyl groups is 2. The van der Waals surface area contributed by atoms with Crippen molar-refractivity contribution in [3.05, 3.63) is 59.9 Å². The molecule has 0 saturated heterocycles. The number of rotatable bonds is 11. The first-order chi connectivity index (χ1) is 16.9. The molecule has 10 heteroatoms. The molecule has 1 saturated carbocycles. The zero-order valence-corrected chi connectivity index (χ0v) is 20.2. The lowest BCUT2D eigenvalue weighted by atomic mass is 9.91. The van der Waals surface area contributed by atoms with Crippen LogP contribution in [0.4, 0.5) is 13.2 Å². The van der Waals surface area contributed by atoms with Gasteiger partial charge in [-0.05, 0) is 62.0 Å². The molecule has 1 aromatic carbocycles. The molecule has 0 heterocycles. The maximum Gasteiger partial charge on any atom is 0.416 e. The fourth-order valence-corrected chi connectivity index (χ4v) is 4.00. The largest absolute Gasteiger partial charge is 0.493 e. The van der Waals surface area contributed by atoms with Crippen molar-refractivity contribution >= 4 is 11.9 Å². The molecule has 0 unspecified atom stereocenters. The SMILES string of the molecule is COC(=O)C(O)(O)CC=C=CC[C@H]1[C@@H](OC(C)=O)CC[C@@H]1C=CCCOc1cccc(C(F)(F)F)c1. The van der Waals surface area contributed by atoms with Crippen LogP contribution in [0.1, 0.15) is 44.6 Å². The summed E-state index contributed by atoms with van der Waals surface area (Å²) in [5.74, 6) is -3.99. The maximum absolute atomic E-state index is 12.8. The summed E-state index contributed by atoms with van der Waals surface area (Å²) < 4.78 is 53.6. The summed E-state index contributed by atoms with van der Waals surface area (Å²) in [7, 11) is 1.05. The number of allylic oxidation sites excluding steroid dienone is 1. The van der Waals surface area contributed by atoms with Gasteiger partial charge in [0.15, 0.2) is 0 Å². The van der Waals surface area contributed by atoms with Crippen LogP contribution in [0.2, 0.25) is 0 Å².